The summed E-state index contributed by atoms with van der Waals surface area (Å²) in [6.45, 7) is 0. The number of benzene rings is 3. The zero-order valence-electron chi connectivity index (χ0n) is 15.5. The van der Waals surface area contributed by atoms with Crippen molar-refractivity contribution in [2.24, 2.45) is 0 Å². The van der Waals surface area contributed by atoms with E-state index in [1.807, 2.05) is 73.7 Å². The van der Waals surface area contributed by atoms with Crippen LogP contribution in [0.25, 0.3) is 6.08 Å². The summed E-state index contributed by atoms with van der Waals surface area (Å²) in [6, 6.07) is 26.0. The second-order valence-corrected chi connectivity index (χ2v) is 6.91. The Bertz CT molecular complexity index is 975. The molecule has 1 heterocycles. The van der Waals surface area contributed by atoms with Crippen LogP contribution in [0.15, 0.2) is 85.1 Å². The van der Waals surface area contributed by atoms with Crippen molar-refractivity contribution in [2.75, 3.05) is 19.0 Å². The molecule has 1 aliphatic rings. The molecule has 1 atom stereocenters. The van der Waals surface area contributed by atoms with Crippen molar-refractivity contribution in [2.45, 2.75) is 6.04 Å². The van der Waals surface area contributed by atoms with Crippen LogP contribution < -0.4 is 4.90 Å². The standard InChI is InChI=1S/C24H22N2O/c1-25(2)21-14-12-19(13-15-21)23-22-11-7-6-8-18(22)16-17-26(23)24(27)20-9-4-3-5-10-20/h3-17,23H,1-2H3. The van der Waals surface area contributed by atoms with Gasteiger partial charge < -0.3 is 9.80 Å². The highest BCUT2D eigenvalue weighted by molar-refractivity contribution is 5.96. The Morgan fingerprint density at radius 2 is 1.52 bits per heavy atom. The molecule has 3 aromatic carbocycles. The number of fused-ring (bicyclic) bond motifs is 1. The second-order valence-electron chi connectivity index (χ2n) is 6.91. The van der Waals surface area contributed by atoms with E-state index >= 15 is 0 Å². The lowest BCUT2D eigenvalue weighted by Crippen LogP contribution is -2.33. The predicted molar refractivity (Wildman–Crippen MR) is 111 cm³/mol. The molecular weight excluding hydrogens is 332 g/mol. The lowest BCUT2D eigenvalue weighted by molar-refractivity contribution is 0.0787. The summed E-state index contributed by atoms with van der Waals surface area (Å²) in [5.41, 5.74) is 5.22. The van der Waals surface area contributed by atoms with E-state index in [-0.39, 0.29) is 11.9 Å². The first-order valence-electron chi connectivity index (χ1n) is 9.07. The van der Waals surface area contributed by atoms with Gasteiger partial charge in [-0.3, -0.25) is 4.79 Å². The molecular formula is C24H22N2O. The smallest absolute Gasteiger partial charge is 0.258 e. The van der Waals surface area contributed by atoms with Gasteiger partial charge >= 0.3 is 0 Å². The maximum atomic E-state index is 13.2. The van der Waals surface area contributed by atoms with Crippen molar-refractivity contribution in [3.63, 3.8) is 0 Å². The predicted octanol–water partition coefficient (Wildman–Crippen LogP) is 4.97. The van der Waals surface area contributed by atoms with Gasteiger partial charge in [0, 0.05) is 31.5 Å². The number of amides is 1. The first-order valence-corrected chi connectivity index (χ1v) is 9.07. The highest BCUT2D eigenvalue weighted by atomic mass is 16.2. The van der Waals surface area contributed by atoms with Gasteiger partial charge in [0.15, 0.2) is 0 Å². The summed E-state index contributed by atoms with van der Waals surface area (Å²) in [5.74, 6) is 0.00281. The van der Waals surface area contributed by atoms with E-state index in [1.165, 1.54) is 0 Å². The first kappa shape index (κ1) is 17.1. The van der Waals surface area contributed by atoms with Crippen LogP contribution in [-0.2, 0) is 0 Å². The van der Waals surface area contributed by atoms with Gasteiger partial charge in [-0.05, 0) is 47.0 Å². The topological polar surface area (TPSA) is 23.6 Å². The molecule has 4 rings (SSSR count). The second kappa shape index (κ2) is 7.12. The molecule has 0 aromatic heterocycles. The van der Waals surface area contributed by atoms with Crippen molar-refractivity contribution in [1.29, 1.82) is 0 Å². The van der Waals surface area contributed by atoms with Crippen LogP contribution in [0.5, 0.6) is 0 Å². The molecule has 0 fully saturated rings. The quantitative estimate of drug-likeness (QED) is 0.663. The van der Waals surface area contributed by atoms with Crippen LogP contribution in [0.4, 0.5) is 5.69 Å². The Labute approximate surface area is 160 Å². The van der Waals surface area contributed by atoms with E-state index in [9.17, 15) is 4.79 Å². The van der Waals surface area contributed by atoms with Crippen LogP contribution >= 0.6 is 0 Å². The molecule has 0 aliphatic carbocycles. The summed E-state index contributed by atoms with van der Waals surface area (Å²) in [4.78, 5) is 17.1. The minimum atomic E-state index is -0.143. The highest BCUT2D eigenvalue weighted by Gasteiger charge is 2.29. The largest absolute Gasteiger partial charge is 0.378 e. The molecule has 1 unspecified atom stereocenters. The first-order chi connectivity index (χ1) is 13.1. The van der Waals surface area contributed by atoms with Crippen LogP contribution in [0.3, 0.4) is 0 Å². The number of carbonyl (C=O) groups is 1. The Morgan fingerprint density at radius 1 is 0.852 bits per heavy atom. The maximum Gasteiger partial charge on any atom is 0.258 e. The van der Waals surface area contributed by atoms with E-state index in [1.54, 1.807) is 0 Å². The monoisotopic (exact) mass is 354 g/mol. The van der Waals surface area contributed by atoms with Crippen molar-refractivity contribution >= 4 is 17.7 Å². The average Bonchev–Trinajstić information content (AvgIpc) is 2.73. The van der Waals surface area contributed by atoms with Gasteiger partial charge in [0.2, 0.25) is 0 Å². The summed E-state index contributed by atoms with van der Waals surface area (Å²) in [7, 11) is 4.05. The Hall–Kier alpha value is -3.33. The molecule has 0 radical (unpaired) electrons. The molecule has 0 spiro atoms. The third-order valence-corrected chi connectivity index (χ3v) is 4.96. The minimum Gasteiger partial charge on any atom is -0.378 e. The number of hydrogen-bond donors (Lipinski definition) is 0. The van der Waals surface area contributed by atoms with Crippen LogP contribution in [0.2, 0.25) is 0 Å². The van der Waals surface area contributed by atoms with Crippen LogP contribution in [0.1, 0.15) is 33.1 Å². The van der Waals surface area contributed by atoms with Crippen molar-refractivity contribution in [1.82, 2.24) is 4.90 Å². The van der Waals surface area contributed by atoms with Gasteiger partial charge in [0.25, 0.3) is 5.91 Å². The number of rotatable bonds is 3. The molecule has 0 bridgehead atoms. The van der Waals surface area contributed by atoms with E-state index in [0.29, 0.717) is 5.56 Å². The normalized spacial score (nSPS) is 15.3. The lowest BCUT2D eigenvalue weighted by atomic mass is 9.90. The van der Waals surface area contributed by atoms with Gasteiger partial charge in [-0.1, -0.05) is 54.6 Å². The van der Waals surface area contributed by atoms with Crippen molar-refractivity contribution in [3.05, 3.63) is 107 Å². The van der Waals surface area contributed by atoms with Crippen LogP contribution in [0, 0.1) is 0 Å². The third kappa shape index (κ3) is 3.24. The number of anilines is 1. The highest BCUT2D eigenvalue weighted by Crippen LogP contribution is 2.37. The lowest BCUT2D eigenvalue weighted by Gasteiger charge is -2.34. The zero-order chi connectivity index (χ0) is 18.8. The molecule has 134 valence electrons. The van der Waals surface area contributed by atoms with Gasteiger partial charge in [0.05, 0.1) is 6.04 Å². The fourth-order valence-electron chi connectivity index (χ4n) is 3.52. The summed E-state index contributed by atoms with van der Waals surface area (Å²) < 4.78 is 0. The van der Waals surface area contributed by atoms with Crippen molar-refractivity contribution < 1.29 is 4.79 Å². The average molecular weight is 354 g/mol. The van der Waals surface area contributed by atoms with Gasteiger partial charge in [0.1, 0.15) is 0 Å². The Kier molecular flexibility index (Phi) is 4.51. The summed E-state index contributed by atoms with van der Waals surface area (Å²) >= 11 is 0. The molecule has 3 heteroatoms. The van der Waals surface area contributed by atoms with E-state index in [2.05, 4.69) is 41.3 Å². The number of carbonyl (C=O) groups excluding carboxylic acids is 1. The SMILES string of the molecule is CN(C)c1ccc(C2c3ccccc3C=CN2C(=O)c2ccccc2)cc1. The number of nitrogens with zero attached hydrogens (tertiary/aromatic N) is 2. The Balaban J connectivity index is 1.79. The third-order valence-electron chi connectivity index (χ3n) is 4.96. The van der Waals surface area contributed by atoms with Crippen molar-refractivity contribution in [3.8, 4) is 0 Å². The molecule has 27 heavy (non-hydrogen) atoms. The molecule has 1 amide bonds. The zero-order valence-corrected chi connectivity index (χ0v) is 15.5. The molecule has 0 saturated heterocycles. The van der Waals surface area contributed by atoms with E-state index < -0.39 is 0 Å². The van der Waals surface area contributed by atoms with Gasteiger partial charge in [-0.2, -0.15) is 0 Å². The maximum absolute atomic E-state index is 13.2. The van der Waals surface area contributed by atoms with Crippen LogP contribution in [-0.4, -0.2) is 24.9 Å². The molecule has 3 nitrogen and oxygen atoms in total. The molecule has 3 aromatic rings. The Morgan fingerprint density at radius 3 is 2.22 bits per heavy atom. The fraction of sp³-hybridized carbons (Fsp3) is 0.125. The number of hydrogen-bond acceptors (Lipinski definition) is 2. The van der Waals surface area contributed by atoms with Gasteiger partial charge in [-0.25, -0.2) is 0 Å². The van der Waals surface area contributed by atoms with E-state index in [0.717, 1.165) is 22.4 Å². The van der Waals surface area contributed by atoms with E-state index in [4.69, 9.17) is 0 Å². The molecule has 1 aliphatic heterocycles. The fourth-order valence-corrected chi connectivity index (χ4v) is 3.52. The minimum absolute atomic E-state index is 0.00281. The van der Waals surface area contributed by atoms with Gasteiger partial charge in [-0.15, -0.1) is 0 Å². The summed E-state index contributed by atoms with van der Waals surface area (Å²) in [5, 5.41) is 0. The molecule has 0 saturated carbocycles. The summed E-state index contributed by atoms with van der Waals surface area (Å²) in [6.07, 6.45) is 3.92. The molecule has 0 N–H and O–H groups in total.